The fourth-order valence-electron chi connectivity index (χ4n) is 3.40. The number of sulfonamides is 1. The molecule has 0 aliphatic rings. The molecule has 3 rings (SSSR count). The van der Waals surface area contributed by atoms with Crippen LogP contribution in [0.2, 0.25) is 0 Å². The molecule has 0 bridgehead atoms. The van der Waals surface area contributed by atoms with Crippen molar-refractivity contribution in [3.8, 4) is 5.75 Å². The zero-order valence-electron chi connectivity index (χ0n) is 18.2. The number of nitrogens with zero attached hydrogens (tertiary/aromatic N) is 1. The van der Waals surface area contributed by atoms with E-state index in [1.54, 1.807) is 19.2 Å². The summed E-state index contributed by atoms with van der Waals surface area (Å²) in [6.07, 6.45) is 0. The van der Waals surface area contributed by atoms with Crippen LogP contribution in [-0.2, 0) is 21.4 Å². The van der Waals surface area contributed by atoms with E-state index in [9.17, 15) is 13.2 Å². The van der Waals surface area contributed by atoms with E-state index in [0.717, 1.165) is 27.0 Å². The third-order valence-electron chi connectivity index (χ3n) is 5.34. The Morgan fingerprint density at radius 2 is 1.74 bits per heavy atom. The van der Waals surface area contributed by atoms with E-state index >= 15 is 0 Å². The first-order valence-electron chi connectivity index (χ1n) is 10.2. The van der Waals surface area contributed by atoms with Gasteiger partial charge in [0.05, 0.1) is 19.6 Å². The molecule has 2 aromatic carbocycles. The summed E-state index contributed by atoms with van der Waals surface area (Å²) < 4.78 is 32.2. The van der Waals surface area contributed by atoms with Crippen LogP contribution < -0.4 is 10.1 Å². The molecule has 6 nitrogen and oxygen atoms in total. The van der Waals surface area contributed by atoms with E-state index in [0.29, 0.717) is 23.8 Å². The highest BCUT2D eigenvalue weighted by atomic mass is 32.2. The maximum atomic E-state index is 12.7. The van der Waals surface area contributed by atoms with Gasteiger partial charge in [0.15, 0.2) is 0 Å². The van der Waals surface area contributed by atoms with Gasteiger partial charge in [-0.1, -0.05) is 38.1 Å². The minimum Gasteiger partial charge on any atom is -0.497 e. The fourth-order valence-corrected chi connectivity index (χ4v) is 6.31. The Balaban J connectivity index is 1.67. The number of ether oxygens (including phenoxy) is 1. The lowest BCUT2D eigenvalue weighted by molar-refractivity contribution is -0.122. The number of carbonyl (C=O) groups is 1. The molecule has 0 aliphatic carbocycles. The standard InChI is InChI=1S/C23H28N2O4S2/c1-5-25(6-2)31(27,28)22-12-11-21(30-22)15-24-23(26)16(3)17-7-8-19-14-20(29-4)10-9-18(19)13-17/h7-14,16H,5-6,15H2,1-4H3,(H,24,26)/t16-/m1/s1. The summed E-state index contributed by atoms with van der Waals surface area (Å²) >= 11 is 1.20. The number of benzene rings is 2. The number of amides is 1. The van der Waals surface area contributed by atoms with Gasteiger partial charge >= 0.3 is 0 Å². The molecule has 0 aliphatic heterocycles. The van der Waals surface area contributed by atoms with Gasteiger partial charge in [-0.25, -0.2) is 8.42 Å². The molecular weight excluding hydrogens is 432 g/mol. The number of fused-ring (bicyclic) bond motifs is 1. The molecule has 1 heterocycles. The van der Waals surface area contributed by atoms with Crippen LogP contribution in [0.15, 0.2) is 52.7 Å². The van der Waals surface area contributed by atoms with Crippen molar-refractivity contribution in [1.82, 2.24) is 9.62 Å². The fraction of sp³-hybridized carbons (Fsp3) is 0.348. The molecule has 0 radical (unpaired) electrons. The highest BCUT2D eigenvalue weighted by molar-refractivity contribution is 7.91. The minimum absolute atomic E-state index is 0.102. The first kappa shape index (κ1) is 23.2. The van der Waals surface area contributed by atoms with Gasteiger partial charge in [0.1, 0.15) is 9.96 Å². The molecular formula is C23H28N2O4S2. The van der Waals surface area contributed by atoms with Gasteiger partial charge in [-0.2, -0.15) is 4.31 Å². The molecule has 166 valence electrons. The minimum atomic E-state index is -3.47. The summed E-state index contributed by atoms with van der Waals surface area (Å²) in [5, 5.41) is 5.02. The molecule has 8 heteroatoms. The SMILES string of the molecule is CCN(CC)S(=O)(=O)c1ccc(CNC(=O)[C@H](C)c2ccc3cc(OC)ccc3c2)s1. The molecule has 0 saturated carbocycles. The van der Waals surface area contributed by atoms with Crippen LogP contribution in [0.4, 0.5) is 0 Å². The predicted octanol–water partition coefficient (Wildman–Crippen LogP) is 4.36. The highest BCUT2D eigenvalue weighted by Gasteiger charge is 2.23. The van der Waals surface area contributed by atoms with Crippen LogP contribution in [0.3, 0.4) is 0 Å². The Bertz CT molecular complexity index is 1170. The number of nitrogens with one attached hydrogen (secondary N) is 1. The summed E-state index contributed by atoms with van der Waals surface area (Å²) in [5.74, 6) is 0.365. The molecule has 0 fully saturated rings. The van der Waals surface area contributed by atoms with Gasteiger partial charge in [0, 0.05) is 18.0 Å². The number of carbonyl (C=O) groups excluding carboxylic acids is 1. The first-order valence-corrected chi connectivity index (χ1v) is 12.5. The zero-order chi connectivity index (χ0) is 22.6. The Labute approximate surface area is 187 Å². The Morgan fingerprint density at radius 1 is 1.06 bits per heavy atom. The van der Waals surface area contributed by atoms with E-state index in [4.69, 9.17) is 4.74 Å². The Morgan fingerprint density at radius 3 is 2.42 bits per heavy atom. The number of thiophene rings is 1. The van der Waals surface area contributed by atoms with Crippen LogP contribution in [0.5, 0.6) is 5.75 Å². The number of rotatable bonds is 9. The second kappa shape index (κ2) is 9.80. The summed E-state index contributed by atoms with van der Waals surface area (Å²) in [4.78, 5) is 13.5. The van der Waals surface area contributed by atoms with Gasteiger partial charge in [-0.15, -0.1) is 11.3 Å². The van der Waals surface area contributed by atoms with Gasteiger partial charge in [-0.05, 0) is 47.5 Å². The smallest absolute Gasteiger partial charge is 0.252 e. The van der Waals surface area contributed by atoms with Crippen LogP contribution in [-0.4, -0.2) is 38.8 Å². The van der Waals surface area contributed by atoms with Crippen LogP contribution >= 0.6 is 11.3 Å². The summed E-state index contributed by atoms with van der Waals surface area (Å²) in [7, 11) is -1.84. The number of hydrogen-bond acceptors (Lipinski definition) is 5. The first-order chi connectivity index (χ1) is 14.8. The average molecular weight is 461 g/mol. The van der Waals surface area contributed by atoms with E-state index in [1.807, 2.05) is 57.2 Å². The van der Waals surface area contributed by atoms with Crippen LogP contribution in [0, 0.1) is 0 Å². The average Bonchev–Trinajstić information content (AvgIpc) is 3.27. The number of hydrogen-bond donors (Lipinski definition) is 1. The van der Waals surface area contributed by atoms with E-state index < -0.39 is 10.0 Å². The molecule has 1 atom stereocenters. The molecule has 0 spiro atoms. The van der Waals surface area contributed by atoms with E-state index in [-0.39, 0.29) is 11.8 Å². The lowest BCUT2D eigenvalue weighted by Gasteiger charge is -2.16. The second-order valence-electron chi connectivity index (χ2n) is 7.22. The quantitative estimate of drug-likeness (QED) is 0.515. The van der Waals surface area contributed by atoms with Crippen molar-refractivity contribution in [3.63, 3.8) is 0 Å². The molecule has 0 saturated heterocycles. The van der Waals surface area contributed by atoms with Crippen molar-refractivity contribution in [3.05, 3.63) is 59.0 Å². The van der Waals surface area contributed by atoms with E-state index in [1.165, 1.54) is 15.6 Å². The van der Waals surface area contributed by atoms with Crippen LogP contribution in [0.1, 0.15) is 37.1 Å². The Kier molecular flexibility index (Phi) is 7.35. The normalized spacial score (nSPS) is 12.8. The summed E-state index contributed by atoms with van der Waals surface area (Å²) in [5.41, 5.74) is 0.922. The van der Waals surface area contributed by atoms with Gasteiger partial charge in [-0.3, -0.25) is 4.79 Å². The molecule has 3 aromatic rings. The summed E-state index contributed by atoms with van der Waals surface area (Å²) in [6, 6.07) is 15.2. The lowest BCUT2D eigenvalue weighted by Crippen LogP contribution is -2.30. The molecule has 1 N–H and O–H groups in total. The molecule has 1 amide bonds. The third-order valence-corrected chi connectivity index (χ3v) is 8.94. The number of methoxy groups -OCH3 is 1. The van der Waals surface area contributed by atoms with Crippen molar-refractivity contribution in [2.75, 3.05) is 20.2 Å². The molecule has 31 heavy (non-hydrogen) atoms. The lowest BCUT2D eigenvalue weighted by atomic mass is 9.97. The van der Waals surface area contributed by atoms with E-state index in [2.05, 4.69) is 5.32 Å². The largest absolute Gasteiger partial charge is 0.497 e. The van der Waals surface area contributed by atoms with Gasteiger partial charge < -0.3 is 10.1 Å². The maximum absolute atomic E-state index is 12.7. The summed E-state index contributed by atoms with van der Waals surface area (Å²) in [6.45, 7) is 6.66. The van der Waals surface area contributed by atoms with Crippen molar-refractivity contribution < 1.29 is 17.9 Å². The monoisotopic (exact) mass is 460 g/mol. The van der Waals surface area contributed by atoms with Crippen molar-refractivity contribution >= 4 is 38.0 Å². The van der Waals surface area contributed by atoms with Crippen molar-refractivity contribution in [2.24, 2.45) is 0 Å². The molecule has 1 aromatic heterocycles. The third kappa shape index (κ3) is 5.08. The second-order valence-corrected chi connectivity index (χ2v) is 10.6. The Hall–Kier alpha value is -2.42. The maximum Gasteiger partial charge on any atom is 0.252 e. The van der Waals surface area contributed by atoms with Crippen LogP contribution in [0.25, 0.3) is 10.8 Å². The topological polar surface area (TPSA) is 75.7 Å². The van der Waals surface area contributed by atoms with Gasteiger partial charge in [0.25, 0.3) is 10.0 Å². The van der Waals surface area contributed by atoms with Crippen molar-refractivity contribution in [2.45, 2.75) is 37.4 Å². The van der Waals surface area contributed by atoms with Gasteiger partial charge in [0.2, 0.25) is 5.91 Å². The van der Waals surface area contributed by atoms with Crippen molar-refractivity contribution in [1.29, 1.82) is 0 Å². The molecule has 0 unspecified atom stereocenters. The highest BCUT2D eigenvalue weighted by Crippen LogP contribution is 2.27. The predicted molar refractivity (Wildman–Crippen MR) is 125 cm³/mol. The zero-order valence-corrected chi connectivity index (χ0v) is 19.8.